The average Bonchev–Trinajstić information content (AvgIpc) is 3.05. The van der Waals surface area contributed by atoms with E-state index in [4.69, 9.17) is 4.42 Å². The molecule has 0 bridgehead atoms. The van der Waals surface area contributed by atoms with Crippen LogP contribution in [-0.4, -0.2) is 27.1 Å². The Labute approximate surface area is 112 Å². The number of aryl methyl sites for hydroxylation is 1. The average molecular weight is 261 g/mol. The predicted octanol–water partition coefficient (Wildman–Crippen LogP) is 2.46. The van der Waals surface area contributed by atoms with Gasteiger partial charge >= 0.3 is 0 Å². The zero-order valence-electron chi connectivity index (χ0n) is 11.4. The molecule has 0 aliphatic heterocycles. The van der Waals surface area contributed by atoms with E-state index in [1.165, 1.54) is 0 Å². The van der Waals surface area contributed by atoms with Crippen molar-refractivity contribution >= 4 is 5.91 Å². The van der Waals surface area contributed by atoms with Crippen LogP contribution in [0.2, 0.25) is 0 Å². The minimum absolute atomic E-state index is 0.00940. The number of furan rings is 1. The lowest BCUT2D eigenvalue weighted by Crippen LogP contribution is -2.32. The summed E-state index contributed by atoms with van der Waals surface area (Å²) < 4.78 is 6.93. The van der Waals surface area contributed by atoms with Gasteiger partial charge in [0.1, 0.15) is 11.5 Å². The van der Waals surface area contributed by atoms with Gasteiger partial charge in [0, 0.05) is 19.8 Å². The molecule has 0 saturated heterocycles. The Kier molecular flexibility index (Phi) is 4.39. The lowest BCUT2D eigenvalue weighted by atomic mass is 10.2. The molecule has 2 aromatic heterocycles. The second kappa shape index (κ2) is 6.22. The highest BCUT2D eigenvalue weighted by Gasteiger charge is 2.19. The molecule has 102 valence electrons. The molecule has 0 aromatic carbocycles. The predicted molar refractivity (Wildman–Crippen MR) is 71.6 cm³/mol. The van der Waals surface area contributed by atoms with E-state index in [2.05, 4.69) is 12.0 Å². The summed E-state index contributed by atoms with van der Waals surface area (Å²) in [6, 6.07) is 5.46. The maximum atomic E-state index is 12.5. The van der Waals surface area contributed by atoms with Crippen LogP contribution >= 0.6 is 0 Å². The standard InChI is InChI=1S/C14H19N3O2/c1-3-4-9-17(11-12-6-5-10-19-12)14(18)13-7-8-15-16(13)2/h5-8,10H,3-4,9,11H2,1-2H3. The molecule has 0 unspecified atom stereocenters. The molecule has 0 spiro atoms. The molecule has 0 fully saturated rings. The van der Waals surface area contributed by atoms with E-state index < -0.39 is 0 Å². The third-order valence-corrected chi connectivity index (χ3v) is 3.04. The summed E-state index contributed by atoms with van der Waals surface area (Å²) in [5, 5.41) is 4.04. The maximum Gasteiger partial charge on any atom is 0.272 e. The Hall–Kier alpha value is -2.04. The van der Waals surface area contributed by atoms with E-state index in [1.54, 1.807) is 35.2 Å². The van der Waals surface area contributed by atoms with Crippen molar-refractivity contribution < 1.29 is 9.21 Å². The second-order valence-corrected chi connectivity index (χ2v) is 4.50. The van der Waals surface area contributed by atoms with Gasteiger partial charge in [-0.1, -0.05) is 13.3 Å². The topological polar surface area (TPSA) is 51.3 Å². The monoisotopic (exact) mass is 261 g/mol. The van der Waals surface area contributed by atoms with Crippen molar-refractivity contribution in [3.63, 3.8) is 0 Å². The maximum absolute atomic E-state index is 12.5. The van der Waals surface area contributed by atoms with Crippen molar-refractivity contribution in [3.8, 4) is 0 Å². The van der Waals surface area contributed by atoms with Crippen molar-refractivity contribution in [2.75, 3.05) is 6.54 Å². The highest BCUT2D eigenvalue weighted by molar-refractivity contribution is 5.92. The number of carbonyl (C=O) groups is 1. The molecule has 0 N–H and O–H groups in total. The molecule has 19 heavy (non-hydrogen) atoms. The van der Waals surface area contributed by atoms with Gasteiger partial charge in [0.15, 0.2) is 0 Å². The van der Waals surface area contributed by atoms with Gasteiger partial charge in [-0.3, -0.25) is 9.48 Å². The molecule has 0 atom stereocenters. The van der Waals surface area contributed by atoms with Gasteiger partial charge in [0.2, 0.25) is 0 Å². The number of aromatic nitrogens is 2. The summed E-state index contributed by atoms with van der Waals surface area (Å²) in [5.74, 6) is 0.788. The largest absolute Gasteiger partial charge is 0.467 e. The lowest BCUT2D eigenvalue weighted by molar-refractivity contribution is 0.0718. The minimum atomic E-state index is -0.00940. The van der Waals surface area contributed by atoms with Crippen LogP contribution in [0.3, 0.4) is 0 Å². The Bertz CT molecular complexity index is 517. The number of amides is 1. The van der Waals surface area contributed by atoms with Gasteiger partial charge in [0.25, 0.3) is 5.91 Å². The third-order valence-electron chi connectivity index (χ3n) is 3.04. The summed E-state index contributed by atoms with van der Waals surface area (Å²) in [5.41, 5.74) is 0.600. The van der Waals surface area contributed by atoms with Crippen LogP contribution in [0.15, 0.2) is 35.1 Å². The first-order chi connectivity index (χ1) is 9.22. The van der Waals surface area contributed by atoms with Crippen LogP contribution in [0, 0.1) is 0 Å². The summed E-state index contributed by atoms with van der Waals surface area (Å²) >= 11 is 0. The first kappa shape index (κ1) is 13.4. The van der Waals surface area contributed by atoms with Crippen molar-refractivity contribution in [3.05, 3.63) is 42.1 Å². The van der Waals surface area contributed by atoms with Gasteiger partial charge in [-0.15, -0.1) is 0 Å². The fraction of sp³-hybridized carbons (Fsp3) is 0.429. The lowest BCUT2D eigenvalue weighted by Gasteiger charge is -2.21. The number of unbranched alkanes of at least 4 members (excludes halogenated alkanes) is 1. The SMILES string of the molecule is CCCCN(Cc1ccco1)C(=O)c1ccnn1C. The van der Waals surface area contributed by atoms with E-state index in [-0.39, 0.29) is 5.91 Å². The minimum Gasteiger partial charge on any atom is -0.467 e. The van der Waals surface area contributed by atoms with E-state index in [0.717, 1.165) is 25.1 Å². The molecule has 1 amide bonds. The van der Waals surface area contributed by atoms with Crippen LogP contribution in [0.5, 0.6) is 0 Å². The van der Waals surface area contributed by atoms with Crippen molar-refractivity contribution in [1.82, 2.24) is 14.7 Å². The highest BCUT2D eigenvalue weighted by atomic mass is 16.3. The molecule has 0 radical (unpaired) electrons. The smallest absolute Gasteiger partial charge is 0.272 e. The molecule has 2 heterocycles. The van der Waals surface area contributed by atoms with E-state index in [1.807, 2.05) is 12.1 Å². The number of rotatable bonds is 6. The second-order valence-electron chi connectivity index (χ2n) is 4.50. The molecule has 0 saturated carbocycles. The first-order valence-corrected chi connectivity index (χ1v) is 6.52. The number of nitrogens with zero attached hydrogens (tertiary/aromatic N) is 3. The van der Waals surface area contributed by atoms with Gasteiger partial charge in [-0.2, -0.15) is 5.10 Å². The highest BCUT2D eigenvalue weighted by Crippen LogP contribution is 2.11. The molecule has 5 nitrogen and oxygen atoms in total. The van der Waals surface area contributed by atoms with Gasteiger partial charge < -0.3 is 9.32 Å². The Morgan fingerprint density at radius 1 is 1.47 bits per heavy atom. The van der Waals surface area contributed by atoms with Crippen LogP contribution in [0.25, 0.3) is 0 Å². The van der Waals surface area contributed by atoms with E-state index >= 15 is 0 Å². The van der Waals surface area contributed by atoms with Crippen LogP contribution in [-0.2, 0) is 13.6 Å². The zero-order valence-corrected chi connectivity index (χ0v) is 11.4. The van der Waals surface area contributed by atoms with Crippen molar-refractivity contribution in [2.45, 2.75) is 26.3 Å². The first-order valence-electron chi connectivity index (χ1n) is 6.52. The number of hydrogen-bond acceptors (Lipinski definition) is 3. The fourth-order valence-electron chi connectivity index (χ4n) is 1.94. The van der Waals surface area contributed by atoms with Crippen LogP contribution in [0.4, 0.5) is 0 Å². The normalized spacial score (nSPS) is 10.6. The van der Waals surface area contributed by atoms with Crippen LogP contribution < -0.4 is 0 Å². The van der Waals surface area contributed by atoms with Crippen molar-refractivity contribution in [1.29, 1.82) is 0 Å². The van der Waals surface area contributed by atoms with Crippen LogP contribution in [0.1, 0.15) is 36.0 Å². The Balaban J connectivity index is 2.12. The molecule has 0 aliphatic rings. The van der Waals surface area contributed by atoms with Gasteiger partial charge in [0.05, 0.1) is 12.8 Å². The zero-order chi connectivity index (χ0) is 13.7. The van der Waals surface area contributed by atoms with Crippen molar-refractivity contribution in [2.24, 2.45) is 7.05 Å². The fourth-order valence-corrected chi connectivity index (χ4v) is 1.94. The Morgan fingerprint density at radius 2 is 2.32 bits per heavy atom. The summed E-state index contributed by atoms with van der Waals surface area (Å²) in [6.07, 6.45) is 5.29. The van der Waals surface area contributed by atoms with E-state index in [9.17, 15) is 4.79 Å². The number of hydrogen-bond donors (Lipinski definition) is 0. The molecule has 5 heteroatoms. The quantitative estimate of drug-likeness (QED) is 0.802. The van der Waals surface area contributed by atoms with Gasteiger partial charge in [-0.25, -0.2) is 0 Å². The third kappa shape index (κ3) is 3.24. The van der Waals surface area contributed by atoms with E-state index in [0.29, 0.717) is 12.2 Å². The molecule has 2 rings (SSSR count). The molecular formula is C14H19N3O2. The summed E-state index contributed by atoms with van der Waals surface area (Å²) in [7, 11) is 1.78. The molecular weight excluding hydrogens is 242 g/mol. The molecule has 2 aromatic rings. The number of carbonyl (C=O) groups excluding carboxylic acids is 1. The summed E-state index contributed by atoms with van der Waals surface area (Å²) in [6.45, 7) is 3.33. The molecule has 0 aliphatic carbocycles. The Morgan fingerprint density at radius 3 is 2.89 bits per heavy atom. The van der Waals surface area contributed by atoms with Gasteiger partial charge in [-0.05, 0) is 24.6 Å². The summed E-state index contributed by atoms with van der Waals surface area (Å²) in [4.78, 5) is 14.3.